The number of nitrogens with zero attached hydrogens (tertiary/aromatic N) is 1. The lowest BCUT2D eigenvalue weighted by atomic mass is 9.94. The van der Waals surface area contributed by atoms with Gasteiger partial charge in [0.2, 0.25) is 0 Å². The molecule has 0 bridgehead atoms. The van der Waals surface area contributed by atoms with E-state index in [1.54, 1.807) is 0 Å². The predicted octanol–water partition coefficient (Wildman–Crippen LogP) is 3.16. The van der Waals surface area contributed by atoms with Gasteiger partial charge < -0.3 is 10.6 Å². The van der Waals surface area contributed by atoms with E-state index >= 15 is 0 Å². The van der Waals surface area contributed by atoms with E-state index in [1.807, 2.05) is 0 Å². The molecule has 1 aliphatic carbocycles. The quantitative estimate of drug-likeness (QED) is 0.722. The first-order chi connectivity index (χ1) is 7.77. The Labute approximate surface area is 102 Å². The van der Waals surface area contributed by atoms with E-state index < -0.39 is 0 Å². The summed E-state index contributed by atoms with van der Waals surface area (Å²) in [4.78, 5) is 2.68. The highest BCUT2D eigenvalue weighted by Crippen LogP contribution is 2.22. The minimum absolute atomic E-state index is 0.421. The zero-order valence-corrected chi connectivity index (χ0v) is 11.3. The second-order valence-electron chi connectivity index (χ2n) is 5.23. The third-order valence-electron chi connectivity index (χ3n) is 4.04. The zero-order chi connectivity index (χ0) is 11.8. The van der Waals surface area contributed by atoms with Crippen LogP contribution in [0, 0.1) is 0 Å². The highest BCUT2D eigenvalue weighted by Gasteiger charge is 2.19. The molecule has 0 aromatic rings. The minimum Gasteiger partial charge on any atom is -0.328 e. The first kappa shape index (κ1) is 14.0. The van der Waals surface area contributed by atoms with Crippen molar-refractivity contribution in [1.29, 1.82) is 0 Å². The van der Waals surface area contributed by atoms with Gasteiger partial charge in [-0.05, 0) is 45.2 Å². The molecule has 0 aliphatic heterocycles. The van der Waals surface area contributed by atoms with Crippen molar-refractivity contribution in [3.63, 3.8) is 0 Å². The Balaban J connectivity index is 2.19. The third kappa shape index (κ3) is 4.84. The Kier molecular flexibility index (Phi) is 7.06. The number of hydrogen-bond acceptors (Lipinski definition) is 2. The van der Waals surface area contributed by atoms with Gasteiger partial charge in [-0.15, -0.1) is 0 Å². The van der Waals surface area contributed by atoms with Gasteiger partial charge in [0.05, 0.1) is 0 Å². The molecule has 96 valence electrons. The third-order valence-corrected chi connectivity index (χ3v) is 4.04. The topological polar surface area (TPSA) is 29.3 Å². The molecular weight excluding hydrogens is 196 g/mol. The van der Waals surface area contributed by atoms with Gasteiger partial charge in [-0.3, -0.25) is 0 Å². The second-order valence-corrected chi connectivity index (χ2v) is 5.23. The molecule has 0 aromatic carbocycles. The summed E-state index contributed by atoms with van der Waals surface area (Å²) < 4.78 is 0. The van der Waals surface area contributed by atoms with E-state index in [4.69, 9.17) is 5.73 Å². The molecule has 1 saturated carbocycles. The number of rotatable bonds is 7. The van der Waals surface area contributed by atoms with Crippen LogP contribution in [0.2, 0.25) is 0 Å². The fraction of sp³-hybridized carbons (Fsp3) is 1.00. The molecule has 2 nitrogen and oxygen atoms in total. The SMILES string of the molecule is CCC(N)CCCN(CC)C1CCCCC1. The molecule has 1 rings (SSSR count). The summed E-state index contributed by atoms with van der Waals surface area (Å²) in [7, 11) is 0. The molecule has 1 aliphatic rings. The molecule has 1 unspecified atom stereocenters. The first-order valence-electron chi connectivity index (χ1n) is 7.27. The average Bonchev–Trinajstić information content (AvgIpc) is 2.35. The normalized spacial score (nSPS) is 20.2. The summed E-state index contributed by atoms with van der Waals surface area (Å²) in [6.07, 6.45) is 10.8. The predicted molar refractivity (Wildman–Crippen MR) is 71.6 cm³/mol. The summed E-state index contributed by atoms with van der Waals surface area (Å²) in [6, 6.07) is 1.29. The zero-order valence-electron chi connectivity index (χ0n) is 11.3. The number of nitrogens with two attached hydrogens (primary N) is 1. The maximum Gasteiger partial charge on any atom is 0.00951 e. The maximum absolute atomic E-state index is 5.96. The fourth-order valence-electron chi connectivity index (χ4n) is 2.81. The largest absolute Gasteiger partial charge is 0.328 e. The van der Waals surface area contributed by atoms with Gasteiger partial charge >= 0.3 is 0 Å². The Bertz CT molecular complexity index is 164. The molecular formula is C14H30N2. The maximum atomic E-state index is 5.96. The van der Waals surface area contributed by atoms with E-state index in [9.17, 15) is 0 Å². The van der Waals surface area contributed by atoms with Crippen molar-refractivity contribution in [3.8, 4) is 0 Å². The molecule has 0 spiro atoms. The molecule has 16 heavy (non-hydrogen) atoms. The highest BCUT2D eigenvalue weighted by atomic mass is 15.1. The lowest BCUT2D eigenvalue weighted by molar-refractivity contribution is 0.160. The Hall–Kier alpha value is -0.0800. The summed E-state index contributed by atoms with van der Waals surface area (Å²) in [5, 5.41) is 0. The van der Waals surface area contributed by atoms with Crippen LogP contribution in [0.25, 0.3) is 0 Å². The first-order valence-corrected chi connectivity index (χ1v) is 7.27. The van der Waals surface area contributed by atoms with Crippen molar-refractivity contribution in [2.75, 3.05) is 13.1 Å². The Morgan fingerprint density at radius 3 is 2.44 bits per heavy atom. The van der Waals surface area contributed by atoms with Crippen LogP contribution >= 0.6 is 0 Å². The summed E-state index contributed by atoms with van der Waals surface area (Å²) >= 11 is 0. The van der Waals surface area contributed by atoms with Crippen LogP contribution in [0.1, 0.15) is 65.2 Å². The van der Waals surface area contributed by atoms with Crippen LogP contribution in [-0.2, 0) is 0 Å². The van der Waals surface area contributed by atoms with Crippen LogP contribution in [0.3, 0.4) is 0 Å². The number of hydrogen-bond donors (Lipinski definition) is 1. The van der Waals surface area contributed by atoms with Gasteiger partial charge in [-0.25, -0.2) is 0 Å². The summed E-state index contributed by atoms with van der Waals surface area (Å²) in [5.41, 5.74) is 5.96. The fourth-order valence-corrected chi connectivity index (χ4v) is 2.81. The van der Waals surface area contributed by atoms with Crippen LogP contribution in [0.4, 0.5) is 0 Å². The summed E-state index contributed by atoms with van der Waals surface area (Å²) in [5.74, 6) is 0. The van der Waals surface area contributed by atoms with Gasteiger partial charge in [0, 0.05) is 12.1 Å². The lowest BCUT2D eigenvalue weighted by Gasteiger charge is -2.33. The van der Waals surface area contributed by atoms with Gasteiger partial charge in [-0.1, -0.05) is 33.1 Å². The van der Waals surface area contributed by atoms with Crippen molar-refractivity contribution in [3.05, 3.63) is 0 Å². The molecule has 2 heteroatoms. The second kappa shape index (κ2) is 8.08. The van der Waals surface area contributed by atoms with Gasteiger partial charge in [0.15, 0.2) is 0 Å². The van der Waals surface area contributed by atoms with Gasteiger partial charge in [0.1, 0.15) is 0 Å². The molecule has 0 saturated heterocycles. The van der Waals surface area contributed by atoms with E-state index in [1.165, 1.54) is 58.0 Å². The van der Waals surface area contributed by atoms with Crippen LogP contribution in [0.5, 0.6) is 0 Å². The van der Waals surface area contributed by atoms with Crippen molar-refractivity contribution < 1.29 is 0 Å². The monoisotopic (exact) mass is 226 g/mol. The Morgan fingerprint density at radius 2 is 1.88 bits per heavy atom. The van der Waals surface area contributed by atoms with Crippen LogP contribution in [0.15, 0.2) is 0 Å². The van der Waals surface area contributed by atoms with E-state index in [-0.39, 0.29) is 0 Å². The van der Waals surface area contributed by atoms with E-state index in [2.05, 4.69) is 18.7 Å². The van der Waals surface area contributed by atoms with Crippen molar-refractivity contribution in [2.45, 2.75) is 77.3 Å². The highest BCUT2D eigenvalue weighted by molar-refractivity contribution is 4.75. The molecule has 0 amide bonds. The van der Waals surface area contributed by atoms with Crippen molar-refractivity contribution in [1.82, 2.24) is 4.90 Å². The van der Waals surface area contributed by atoms with Gasteiger partial charge in [-0.2, -0.15) is 0 Å². The Morgan fingerprint density at radius 1 is 1.19 bits per heavy atom. The van der Waals surface area contributed by atoms with Gasteiger partial charge in [0.25, 0.3) is 0 Å². The minimum atomic E-state index is 0.421. The molecule has 1 fully saturated rings. The molecule has 2 N–H and O–H groups in total. The average molecular weight is 226 g/mol. The van der Waals surface area contributed by atoms with E-state index in [0.717, 1.165) is 12.5 Å². The van der Waals surface area contributed by atoms with Crippen LogP contribution < -0.4 is 5.73 Å². The van der Waals surface area contributed by atoms with Crippen molar-refractivity contribution in [2.24, 2.45) is 5.73 Å². The van der Waals surface area contributed by atoms with Crippen LogP contribution in [-0.4, -0.2) is 30.1 Å². The molecule has 0 aromatic heterocycles. The van der Waals surface area contributed by atoms with E-state index in [0.29, 0.717) is 6.04 Å². The molecule has 1 atom stereocenters. The lowest BCUT2D eigenvalue weighted by Crippen LogP contribution is -2.37. The molecule has 0 heterocycles. The van der Waals surface area contributed by atoms with Crippen molar-refractivity contribution >= 4 is 0 Å². The smallest absolute Gasteiger partial charge is 0.00951 e. The summed E-state index contributed by atoms with van der Waals surface area (Å²) in [6.45, 7) is 6.96. The standard InChI is InChI=1S/C14H30N2/c1-3-13(15)9-8-12-16(4-2)14-10-6-5-7-11-14/h13-14H,3-12,15H2,1-2H3. The molecule has 0 radical (unpaired) electrons.